The van der Waals surface area contributed by atoms with E-state index in [0.29, 0.717) is 0 Å². The summed E-state index contributed by atoms with van der Waals surface area (Å²) in [7, 11) is 0. The molecule has 2 heteroatoms. The smallest absolute Gasteiger partial charge is 0.123 e. The molecule has 0 aliphatic heterocycles. The summed E-state index contributed by atoms with van der Waals surface area (Å²) < 4.78 is 0. The van der Waals surface area contributed by atoms with Gasteiger partial charge in [-0.1, -0.05) is 37.1 Å². The van der Waals surface area contributed by atoms with Crippen LogP contribution in [0, 0.1) is 17.3 Å². The predicted octanol–water partition coefficient (Wildman–Crippen LogP) is 4.83. The van der Waals surface area contributed by atoms with Gasteiger partial charge in [0.2, 0.25) is 0 Å². The highest BCUT2D eigenvalue weighted by atomic mass is 16.3. The third-order valence-electron chi connectivity index (χ3n) is 6.38. The van der Waals surface area contributed by atoms with Gasteiger partial charge in [0.15, 0.2) is 0 Å². The van der Waals surface area contributed by atoms with Gasteiger partial charge < -0.3 is 9.90 Å². The molecule has 0 radical (unpaired) electrons. The van der Waals surface area contributed by atoms with Gasteiger partial charge in [-0.2, -0.15) is 0 Å². The molecule has 3 atom stereocenters. The molecule has 124 valence electrons. The van der Waals surface area contributed by atoms with E-state index in [1.165, 1.54) is 11.1 Å². The molecule has 0 heterocycles. The fraction of sp³-hybridized carbons (Fsp3) is 0.750. The van der Waals surface area contributed by atoms with E-state index in [1.807, 2.05) is 0 Å². The van der Waals surface area contributed by atoms with Gasteiger partial charge >= 0.3 is 0 Å². The average molecular weight is 304 g/mol. The third kappa shape index (κ3) is 3.37. The molecule has 0 aromatic rings. The maximum absolute atomic E-state index is 11.6. The summed E-state index contributed by atoms with van der Waals surface area (Å²) in [5.74, 6) is 0.358. The molecular formula is C20H32O2. The van der Waals surface area contributed by atoms with E-state index in [4.69, 9.17) is 0 Å². The Morgan fingerprint density at radius 2 is 1.82 bits per heavy atom. The van der Waals surface area contributed by atoms with Crippen LogP contribution in [-0.2, 0) is 4.79 Å². The zero-order valence-corrected chi connectivity index (χ0v) is 14.7. The van der Waals surface area contributed by atoms with Crippen LogP contribution in [0.1, 0.15) is 72.6 Å². The minimum absolute atomic E-state index is 0.0936. The summed E-state index contributed by atoms with van der Waals surface area (Å²) in [6.07, 6.45) is 12.2. The van der Waals surface area contributed by atoms with Crippen molar-refractivity contribution in [3.05, 3.63) is 23.3 Å². The van der Waals surface area contributed by atoms with Crippen molar-refractivity contribution in [2.45, 2.75) is 78.2 Å². The number of aliphatic hydroxyl groups is 1. The van der Waals surface area contributed by atoms with Crippen LogP contribution in [-0.4, -0.2) is 17.0 Å². The molecule has 0 amide bonds. The molecule has 0 aromatic carbocycles. The molecule has 22 heavy (non-hydrogen) atoms. The first-order chi connectivity index (χ1) is 10.3. The van der Waals surface area contributed by atoms with Crippen LogP contribution in [0.5, 0.6) is 0 Å². The van der Waals surface area contributed by atoms with Gasteiger partial charge in [0.1, 0.15) is 6.29 Å². The minimum Gasteiger partial charge on any atom is -0.389 e. The summed E-state index contributed by atoms with van der Waals surface area (Å²) in [6.45, 7) is 8.70. The summed E-state index contributed by atoms with van der Waals surface area (Å²) in [5.41, 5.74) is 1.87. The van der Waals surface area contributed by atoms with Gasteiger partial charge in [-0.25, -0.2) is 0 Å². The summed E-state index contributed by atoms with van der Waals surface area (Å²) in [6, 6.07) is 0. The van der Waals surface area contributed by atoms with E-state index in [0.717, 1.165) is 51.2 Å². The van der Waals surface area contributed by atoms with Crippen molar-refractivity contribution in [1.29, 1.82) is 0 Å². The first-order valence-corrected chi connectivity index (χ1v) is 8.79. The molecule has 2 bridgehead atoms. The lowest BCUT2D eigenvalue weighted by Crippen LogP contribution is -2.54. The minimum atomic E-state index is -0.685. The highest BCUT2D eigenvalue weighted by molar-refractivity contribution is 5.55. The second-order valence-corrected chi connectivity index (χ2v) is 8.08. The van der Waals surface area contributed by atoms with Crippen LogP contribution in [0.15, 0.2) is 23.3 Å². The quantitative estimate of drug-likeness (QED) is 0.557. The summed E-state index contributed by atoms with van der Waals surface area (Å²) in [4.78, 5) is 11.6. The standard InChI is InChI=1S/C20H32O2/c1-15-6-5-7-16(2)10-12-20(22)13-11-17(14-21)18(9-8-15)19(20,3)4/h6,10,14,17-18,22H,5,7-9,11-13H2,1-4H3/b15-6+,16-10+/t17-,18+,20-/m1/s1. The van der Waals surface area contributed by atoms with Crippen molar-refractivity contribution in [3.8, 4) is 0 Å². The fourth-order valence-corrected chi connectivity index (χ4v) is 4.39. The Bertz CT molecular complexity index is 472. The number of rotatable bonds is 1. The molecule has 0 spiro atoms. The molecule has 0 saturated heterocycles. The van der Waals surface area contributed by atoms with E-state index in [9.17, 15) is 9.90 Å². The molecule has 2 nitrogen and oxygen atoms in total. The Morgan fingerprint density at radius 3 is 2.50 bits per heavy atom. The Hall–Kier alpha value is -0.890. The molecule has 1 N–H and O–H groups in total. The zero-order valence-electron chi connectivity index (χ0n) is 14.7. The maximum Gasteiger partial charge on any atom is 0.123 e. The topological polar surface area (TPSA) is 37.3 Å². The molecule has 1 saturated carbocycles. The summed E-state index contributed by atoms with van der Waals surface area (Å²) in [5, 5.41) is 11.3. The van der Waals surface area contributed by atoms with E-state index < -0.39 is 5.60 Å². The lowest BCUT2D eigenvalue weighted by molar-refractivity contribution is -0.151. The number of carbonyl (C=O) groups is 1. The van der Waals surface area contributed by atoms with Gasteiger partial charge in [-0.3, -0.25) is 0 Å². The van der Waals surface area contributed by atoms with E-state index in [2.05, 4.69) is 39.8 Å². The molecule has 2 aliphatic carbocycles. The molecule has 0 aromatic heterocycles. The lowest BCUT2D eigenvalue weighted by Gasteiger charge is -2.53. The van der Waals surface area contributed by atoms with Crippen molar-refractivity contribution in [2.75, 3.05) is 0 Å². The van der Waals surface area contributed by atoms with Crippen LogP contribution in [0.4, 0.5) is 0 Å². The van der Waals surface area contributed by atoms with Gasteiger partial charge in [-0.15, -0.1) is 0 Å². The summed E-state index contributed by atoms with van der Waals surface area (Å²) >= 11 is 0. The van der Waals surface area contributed by atoms with Crippen LogP contribution in [0.3, 0.4) is 0 Å². The predicted molar refractivity (Wildman–Crippen MR) is 91.6 cm³/mol. The number of hydrogen-bond donors (Lipinski definition) is 1. The van der Waals surface area contributed by atoms with Gasteiger partial charge in [-0.05, 0) is 70.1 Å². The Kier molecular flexibility index (Phi) is 5.32. The van der Waals surface area contributed by atoms with Crippen LogP contribution >= 0.6 is 0 Å². The first kappa shape index (κ1) is 17.5. The van der Waals surface area contributed by atoms with Gasteiger partial charge in [0, 0.05) is 5.92 Å². The number of hydrogen-bond acceptors (Lipinski definition) is 2. The second kappa shape index (κ2) is 6.70. The van der Waals surface area contributed by atoms with Crippen molar-refractivity contribution in [3.63, 3.8) is 0 Å². The van der Waals surface area contributed by atoms with Crippen LogP contribution in [0.25, 0.3) is 0 Å². The SMILES string of the molecule is C/C1=C\C[C@@]2(O)CC[C@H](C=O)[C@H](CC/C(C)=C/CC1)C2(C)C. The number of aldehydes is 1. The first-order valence-electron chi connectivity index (χ1n) is 8.79. The normalized spacial score (nSPS) is 41.1. The third-order valence-corrected chi connectivity index (χ3v) is 6.38. The maximum atomic E-state index is 11.6. The number of allylic oxidation sites excluding steroid dienone is 3. The highest BCUT2D eigenvalue weighted by Gasteiger charge is 2.53. The average Bonchev–Trinajstić information content (AvgIpc) is 2.46. The monoisotopic (exact) mass is 304 g/mol. The molecular weight excluding hydrogens is 272 g/mol. The zero-order chi connectivity index (χ0) is 16.4. The Labute approximate surface area is 135 Å². The van der Waals surface area contributed by atoms with E-state index >= 15 is 0 Å². The van der Waals surface area contributed by atoms with Crippen LogP contribution < -0.4 is 0 Å². The number of fused-ring (bicyclic) bond motifs is 2. The van der Waals surface area contributed by atoms with Crippen molar-refractivity contribution in [1.82, 2.24) is 0 Å². The van der Waals surface area contributed by atoms with Crippen molar-refractivity contribution >= 4 is 6.29 Å². The van der Waals surface area contributed by atoms with Crippen molar-refractivity contribution in [2.24, 2.45) is 17.3 Å². The van der Waals surface area contributed by atoms with Gasteiger partial charge in [0.05, 0.1) is 5.60 Å². The Balaban J connectivity index is 2.37. The van der Waals surface area contributed by atoms with E-state index in [-0.39, 0.29) is 17.3 Å². The second-order valence-electron chi connectivity index (χ2n) is 8.08. The Morgan fingerprint density at radius 1 is 1.14 bits per heavy atom. The largest absolute Gasteiger partial charge is 0.389 e. The van der Waals surface area contributed by atoms with E-state index in [1.54, 1.807) is 0 Å². The van der Waals surface area contributed by atoms with Crippen molar-refractivity contribution < 1.29 is 9.90 Å². The molecule has 2 aliphatic rings. The molecule has 0 unspecified atom stereocenters. The van der Waals surface area contributed by atoms with Gasteiger partial charge in [0.25, 0.3) is 0 Å². The number of carbonyl (C=O) groups excluding carboxylic acids is 1. The van der Waals surface area contributed by atoms with Crippen LogP contribution in [0.2, 0.25) is 0 Å². The molecule has 2 rings (SSSR count). The molecule has 1 fully saturated rings. The fourth-order valence-electron chi connectivity index (χ4n) is 4.39. The highest BCUT2D eigenvalue weighted by Crippen LogP contribution is 2.53. The lowest BCUT2D eigenvalue weighted by atomic mass is 9.54.